The van der Waals surface area contributed by atoms with Gasteiger partial charge in [0.15, 0.2) is 0 Å². The lowest BCUT2D eigenvalue weighted by Crippen LogP contribution is -2.58. The van der Waals surface area contributed by atoms with Crippen molar-refractivity contribution in [3.63, 3.8) is 0 Å². The quantitative estimate of drug-likeness (QED) is 0.179. The average molecular weight is 579 g/mol. The number of carboxylic acid groups (broad SMARTS) is 3. The highest BCUT2D eigenvalue weighted by atomic mass is 16.6. The molecule has 0 radical (unpaired) electrons. The maximum absolute atomic E-state index is 12.2. The summed E-state index contributed by atoms with van der Waals surface area (Å²) in [6.07, 6.45) is -3.28. The van der Waals surface area contributed by atoms with Gasteiger partial charge in [0.25, 0.3) is 0 Å². The number of amides is 3. The molecule has 0 fully saturated rings. The Balaban J connectivity index is 6.13. The van der Waals surface area contributed by atoms with Crippen LogP contribution in [0.3, 0.4) is 0 Å². The predicted molar refractivity (Wildman–Crippen MR) is 139 cm³/mol. The molecule has 0 aliphatic carbocycles. The van der Waals surface area contributed by atoms with Crippen molar-refractivity contribution in [3.05, 3.63) is 0 Å². The Hall–Kier alpha value is -3.82. The second kappa shape index (κ2) is 14.5. The molecule has 0 heterocycles. The van der Waals surface area contributed by atoms with E-state index in [9.17, 15) is 44.1 Å². The summed E-state index contributed by atoms with van der Waals surface area (Å²) in [5.41, 5.74) is -2.90. The second-order valence-corrected chi connectivity index (χ2v) is 11.8. The number of aliphatic carboxylic acids is 3. The van der Waals surface area contributed by atoms with E-state index in [-0.39, 0.29) is 0 Å². The summed E-state index contributed by atoms with van der Waals surface area (Å²) in [5, 5.41) is 35.5. The first-order chi connectivity index (χ1) is 17.9. The fourth-order valence-electron chi connectivity index (χ4n) is 2.90. The zero-order valence-electron chi connectivity index (χ0n) is 24.3. The number of nitrogens with zero attached hydrogens (tertiary/aromatic N) is 1. The fourth-order valence-corrected chi connectivity index (χ4v) is 2.90. The zero-order chi connectivity index (χ0) is 31.6. The molecule has 0 rings (SSSR count). The second-order valence-electron chi connectivity index (χ2n) is 11.8. The van der Waals surface area contributed by atoms with Crippen molar-refractivity contribution in [1.82, 2.24) is 20.9 Å². The van der Waals surface area contributed by atoms with Crippen LogP contribution < -0.4 is 16.0 Å². The fraction of sp³-hybridized carbons (Fsp3) is 0.750. The number of carboxylic acids is 3. The number of carbonyl (C=O) groups is 6. The van der Waals surface area contributed by atoms with Crippen molar-refractivity contribution in [1.29, 1.82) is 0 Å². The van der Waals surface area contributed by atoms with Crippen molar-refractivity contribution in [2.45, 2.75) is 97.2 Å². The van der Waals surface area contributed by atoms with Crippen molar-refractivity contribution >= 4 is 36.2 Å². The molecule has 40 heavy (non-hydrogen) atoms. The van der Waals surface area contributed by atoms with Gasteiger partial charge in [0.1, 0.15) is 34.9 Å². The summed E-state index contributed by atoms with van der Waals surface area (Å²) in [4.78, 5) is 73.5. The predicted octanol–water partition coefficient (Wildman–Crippen LogP) is 1.22. The highest BCUT2D eigenvalue weighted by molar-refractivity contribution is 5.82. The zero-order valence-corrected chi connectivity index (χ0v) is 24.3. The monoisotopic (exact) mass is 578 g/mol. The summed E-state index contributed by atoms with van der Waals surface area (Å²) in [6.45, 7) is 12.0. The number of carbonyl (C=O) groups excluding carboxylic acids is 3. The Morgan fingerprint density at radius 3 is 0.875 bits per heavy atom. The highest BCUT2D eigenvalue weighted by Crippen LogP contribution is 2.10. The van der Waals surface area contributed by atoms with Crippen molar-refractivity contribution in [3.8, 4) is 0 Å². The molecule has 0 bridgehead atoms. The van der Waals surface area contributed by atoms with E-state index in [0.717, 1.165) is 4.90 Å². The van der Waals surface area contributed by atoms with Gasteiger partial charge in [-0.2, -0.15) is 0 Å². The van der Waals surface area contributed by atoms with E-state index in [2.05, 4.69) is 16.0 Å². The van der Waals surface area contributed by atoms with E-state index in [1.807, 2.05) is 0 Å². The number of hydrogen-bond donors (Lipinski definition) is 6. The summed E-state index contributed by atoms with van der Waals surface area (Å²) in [7, 11) is 0. The van der Waals surface area contributed by atoms with Gasteiger partial charge in [-0.1, -0.05) is 0 Å². The van der Waals surface area contributed by atoms with Crippen molar-refractivity contribution in [2.75, 3.05) is 19.6 Å². The Labute approximate surface area is 232 Å². The van der Waals surface area contributed by atoms with E-state index in [0.29, 0.717) is 0 Å². The molecule has 16 nitrogen and oxygen atoms in total. The summed E-state index contributed by atoms with van der Waals surface area (Å²) < 4.78 is 15.2. The van der Waals surface area contributed by atoms with Gasteiger partial charge in [0.05, 0.1) is 0 Å². The minimum Gasteiger partial charge on any atom is -0.480 e. The van der Waals surface area contributed by atoms with E-state index in [1.54, 1.807) is 62.3 Å². The van der Waals surface area contributed by atoms with Crippen LogP contribution in [0, 0.1) is 0 Å². The lowest BCUT2D eigenvalue weighted by Gasteiger charge is -2.31. The van der Waals surface area contributed by atoms with Crippen LogP contribution in [0.4, 0.5) is 14.4 Å². The largest absolute Gasteiger partial charge is 0.480 e. The van der Waals surface area contributed by atoms with Gasteiger partial charge < -0.3 is 45.5 Å². The smallest absolute Gasteiger partial charge is 0.408 e. The van der Waals surface area contributed by atoms with Crippen LogP contribution in [0.2, 0.25) is 0 Å². The van der Waals surface area contributed by atoms with Gasteiger partial charge >= 0.3 is 36.2 Å². The van der Waals surface area contributed by atoms with Crippen LogP contribution in [-0.4, -0.2) is 111 Å². The number of ether oxygens (including phenoxy) is 3. The molecule has 0 aromatic rings. The van der Waals surface area contributed by atoms with Gasteiger partial charge in [-0.15, -0.1) is 0 Å². The first-order valence-electron chi connectivity index (χ1n) is 12.3. The molecule has 0 aliphatic rings. The summed E-state index contributed by atoms with van der Waals surface area (Å²) in [6, 6.07) is -5.12. The topological polar surface area (TPSA) is 230 Å². The SMILES string of the molecule is CC(C)(C)OC(=O)N[C@H](CN(C[C@@H](NC(=O)OC(C)(C)C)C(=O)O)C[C@@H](NC(=O)OC(C)(C)C)C(=O)O)C(=O)O. The molecular weight excluding hydrogens is 536 g/mol. The minimum absolute atomic E-state index is 0.645. The van der Waals surface area contributed by atoms with Crippen LogP contribution in [0.25, 0.3) is 0 Å². The molecule has 0 unspecified atom stereocenters. The average Bonchev–Trinajstić information content (AvgIpc) is 2.67. The third-order valence-electron chi connectivity index (χ3n) is 4.29. The third-order valence-corrected chi connectivity index (χ3v) is 4.29. The Bertz CT molecular complexity index is 815. The van der Waals surface area contributed by atoms with Crippen LogP contribution in [-0.2, 0) is 28.6 Å². The van der Waals surface area contributed by atoms with Crippen LogP contribution in [0.15, 0.2) is 0 Å². The van der Waals surface area contributed by atoms with Gasteiger partial charge in [0.2, 0.25) is 0 Å². The van der Waals surface area contributed by atoms with Crippen molar-refractivity contribution < 1.29 is 58.3 Å². The normalized spacial score (nSPS) is 14.2. The van der Waals surface area contributed by atoms with Crippen LogP contribution >= 0.6 is 0 Å². The van der Waals surface area contributed by atoms with E-state index in [4.69, 9.17) is 14.2 Å². The van der Waals surface area contributed by atoms with E-state index >= 15 is 0 Å². The number of rotatable bonds is 12. The van der Waals surface area contributed by atoms with E-state index < -0.39 is 90.8 Å². The Kier molecular flexibility index (Phi) is 13.1. The van der Waals surface area contributed by atoms with E-state index in [1.165, 1.54) is 0 Å². The maximum atomic E-state index is 12.2. The molecule has 0 spiro atoms. The highest BCUT2D eigenvalue weighted by Gasteiger charge is 2.34. The van der Waals surface area contributed by atoms with Gasteiger partial charge in [-0.25, -0.2) is 28.8 Å². The molecule has 0 aromatic heterocycles. The molecule has 3 amide bonds. The van der Waals surface area contributed by atoms with Gasteiger partial charge in [-0.3, -0.25) is 4.90 Å². The van der Waals surface area contributed by atoms with Gasteiger partial charge in [-0.05, 0) is 62.3 Å². The lowest BCUT2D eigenvalue weighted by atomic mass is 10.1. The summed E-state index contributed by atoms with van der Waals surface area (Å²) >= 11 is 0. The number of hydrogen-bond acceptors (Lipinski definition) is 10. The van der Waals surface area contributed by atoms with Crippen LogP contribution in [0.5, 0.6) is 0 Å². The number of alkyl carbamates (subject to hydrolysis) is 3. The molecular formula is C24H42N4O12. The molecule has 6 N–H and O–H groups in total. The Morgan fingerprint density at radius 1 is 0.525 bits per heavy atom. The molecule has 0 saturated carbocycles. The molecule has 0 aromatic carbocycles. The first-order valence-corrected chi connectivity index (χ1v) is 12.3. The first kappa shape index (κ1) is 36.2. The standard InChI is InChI=1S/C24H42N4O12/c1-22(2,3)38-19(35)25-13(16(29)30)10-28(11-14(17(31)32)26-20(36)39-23(4,5)6)12-15(18(33)34)27-21(37)40-24(7,8)9/h13-15H,10-12H2,1-9H3,(H,25,35)(H,26,36)(H,27,37)(H,29,30)(H,31,32)(H,33,34)/t13-,14-,15-/m1/s1. The molecule has 0 aliphatic heterocycles. The number of nitrogens with one attached hydrogen (secondary N) is 3. The third kappa shape index (κ3) is 16.9. The lowest BCUT2D eigenvalue weighted by molar-refractivity contribution is -0.141. The molecule has 230 valence electrons. The molecule has 16 heteroatoms. The maximum Gasteiger partial charge on any atom is 0.408 e. The molecule has 0 saturated heterocycles. The van der Waals surface area contributed by atoms with Gasteiger partial charge in [0, 0.05) is 19.6 Å². The van der Waals surface area contributed by atoms with Crippen LogP contribution in [0.1, 0.15) is 62.3 Å². The summed E-state index contributed by atoms with van der Waals surface area (Å²) in [5.74, 6) is -4.64. The van der Waals surface area contributed by atoms with Crippen molar-refractivity contribution in [2.24, 2.45) is 0 Å². The Morgan fingerprint density at radius 2 is 0.725 bits per heavy atom. The minimum atomic E-state index is -1.71. The molecule has 3 atom stereocenters.